The van der Waals surface area contributed by atoms with E-state index in [4.69, 9.17) is 4.74 Å². The number of rotatable bonds is 6. The molecular weight excluding hydrogens is 352 g/mol. The second-order valence-corrected chi connectivity index (χ2v) is 7.21. The topological polar surface area (TPSA) is 75.6 Å². The summed E-state index contributed by atoms with van der Waals surface area (Å²) in [5.74, 6) is -1.21. The average Bonchev–Trinajstić information content (AvgIpc) is 3.33. The maximum Gasteiger partial charge on any atom is 0.309 e. The van der Waals surface area contributed by atoms with Crippen LogP contribution in [-0.4, -0.2) is 54.1 Å². The fourth-order valence-electron chi connectivity index (χ4n) is 3.06. The van der Waals surface area contributed by atoms with Gasteiger partial charge in [-0.15, -0.1) is 11.3 Å². The van der Waals surface area contributed by atoms with Gasteiger partial charge in [0.15, 0.2) is 0 Å². The molecule has 1 aliphatic heterocycles. The zero-order valence-corrected chi connectivity index (χ0v) is 15.6. The van der Waals surface area contributed by atoms with E-state index in [1.54, 1.807) is 11.3 Å². The van der Waals surface area contributed by atoms with Crippen LogP contribution in [0.5, 0.6) is 0 Å². The van der Waals surface area contributed by atoms with Gasteiger partial charge >= 0.3 is 11.8 Å². The second-order valence-electron chi connectivity index (χ2n) is 6.18. The first-order valence-corrected chi connectivity index (χ1v) is 9.54. The molecule has 7 nitrogen and oxygen atoms in total. The van der Waals surface area contributed by atoms with Gasteiger partial charge in [-0.3, -0.25) is 14.5 Å². The molecule has 26 heavy (non-hydrogen) atoms. The van der Waals surface area contributed by atoms with E-state index in [1.165, 1.54) is 0 Å². The van der Waals surface area contributed by atoms with Gasteiger partial charge in [-0.05, 0) is 23.6 Å². The fraction of sp³-hybridized carbons (Fsp3) is 0.444. The van der Waals surface area contributed by atoms with Crippen molar-refractivity contribution in [2.24, 2.45) is 7.05 Å². The van der Waals surface area contributed by atoms with Crippen molar-refractivity contribution in [3.8, 4) is 0 Å². The van der Waals surface area contributed by atoms with Gasteiger partial charge in [0.1, 0.15) is 0 Å². The number of hydrogen-bond acceptors (Lipinski definition) is 5. The minimum absolute atomic E-state index is 0.00736. The van der Waals surface area contributed by atoms with Crippen molar-refractivity contribution in [2.75, 3.05) is 32.8 Å². The number of carbonyl (C=O) groups excluding carboxylic acids is 2. The van der Waals surface area contributed by atoms with Crippen molar-refractivity contribution in [1.29, 1.82) is 0 Å². The molecule has 1 atom stereocenters. The van der Waals surface area contributed by atoms with Crippen LogP contribution in [0.1, 0.15) is 16.6 Å². The highest BCUT2D eigenvalue weighted by atomic mass is 32.1. The molecular formula is C18H24N4O3S. The summed E-state index contributed by atoms with van der Waals surface area (Å²) in [5.41, 5.74) is 1.10. The molecule has 2 aromatic heterocycles. The van der Waals surface area contributed by atoms with Gasteiger partial charge in [-0.2, -0.15) is 0 Å². The van der Waals surface area contributed by atoms with E-state index in [9.17, 15) is 9.59 Å². The first-order chi connectivity index (χ1) is 12.6. The lowest BCUT2D eigenvalue weighted by Gasteiger charge is -2.34. The third kappa shape index (κ3) is 4.72. The van der Waals surface area contributed by atoms with Crippen molar-refractivity contribution in [3.05, 3.63) is 46.4 Å². The highest BCUT2D eigenvalue weighted by molar-refractivity contribution is 7.09. The molecule has 8 heteroatoms. The molecule has 1 aliphatic rings. The SMILES string of the molecule is Cn1cccc1[C@H](CNC(=O)C(=O)NCc1cccs1)N1CCOCC1. The minimum Gasteiger partial charge on any atom is -0.379 e. The molecule has 0 aromatic carbocycles. The molecule has 0 spiro atoms. The standard InChI is InChI=1S/C18H24N4O3S/c1-21-6-2-5-15(21)16(22-7-9-25-10-8-22)13-20-18(24)17(23)19-12-14-4-3-11-26-14/h2-6,11,16H,7-10,12-13H2,1H3,(H,19,23)(H,20,24)/t16-/m0/s1. The van der Waals surface area contributed by atoms with E-state index < -0.39 is 11.8 Å². The summed E-state index contributed by atoms with van der Waals surface area (Å²) in [6, 6.07) is 7.88. The number of aryl methyl sites for hydroxylation is 1. The van der Waals surface area contributed by atoms with Crippen LogP contribution in [0, 0.1) is 0 Å². The van der Waals surface area contributed by atoms with Crippen LogP contribution >= 0.6 is 11.3 Å². The Bertz CT molecular complexity index is 723. The number of morpholine rings is 1. The Hall–Kier alpha value is -2.16. The zero-order valence-electron chi connectivity index (χ0n) is 14.8. The van der Waals surface area contributed by atoms with Crippen molar-refractivity contribution < 1.29 is 14.3 Å². The summed E-state index contributed by atoms with van der Waals surface area (Å²) >= 11 is 1.55. The number of nitrogens with one attached hydrogen (secondary N) is 2. The van der Waals surface area contributed by atoms with E-state index in [-0.39, 0.29) is 6.04 Å². The Kier molecular flexibility index (Phi) is 6.43. The van der Waals surface area contributed by atoms with Crippen LogP contribution < -0.4 is 10.6 Å². The molecule has 0 aliphatic carbocycles. The Labute approximate surface area is 156 Å². The molecule has 140 valence electrons. The summed E-state index contributed by atoms with van der Waals surface area (Å²) in [5, 5.41) is 7.38. The lowest BCUT2D eigenvalue weighted by molar-refractivity contribution is -0.139. The van der Waals surface area contributed by atoms with Gasteiger partial charge in [0.2, 0.25) is 0 Å². The Morgan fingerprint density at radius 3 is 2.62 bits per heavy atom. The quantitative estimate of drug-likeness (QED) is 0.735. The number of thiophene rings is 1. The van der Waals surface area contributed by atoms with E-state index >= 15 is 0 Å². The van der Waals surface area contributed by atoms with Gasteiger partial charge in [-0.25, -0.2) is 0 Å². The van der Waals surface area contributed by atoms with Crippen LogP contribution in [0.25, 0.3) is 0 Å². The zero-order chi connectivity index (χ0) is 18.4. The summed E-state index contributed by atoms with van der Waals surface area (Å²) < 4.78 is 7.47. The molecule has 3 heterocycles. The maximum atomic E-state index is 12.2. The normalized spacial score (nSPS) is 16.2. The lowest BCUT2D eigenvalue weighted by atomic mass is 10.1. The van der Waals surface area contributed by atoms with Crippen LogP contribution in [0.3, 0.4) is 0 Å². The van der Waals surface area contributed by atoms with Gasteiger partial charge < -0.3 is 19.9 Å². The van der Waals surface area contributed by atoms with Gasteiger partial charge in [0.05, 0.1) is 25.8 Å². The van der Waals surface area contributed by atoms with Gasteiger partial charge in [0, 0.05) is 43.4 Å². The number of carbonyl (C=O) groups is 2. The molecule has 0 bridgehead atoms. The molecule has 1 fully saturated rings. The third-order valence-electron chi connectivity index (χ3n) is 4.48. The number of amides is 2. The van der Waals surface area contributed by atoms with Crippen LogP contribution in [0.4, 0.5) is 0 Å². The number of nitrogens with zero attached hydrogens (tertiary/aromatic N) is 2. The van der Waals surface area contributed by atoms with Crippen LogP contribution in [0.2, 0.25) is 0 Å². The summed E-state index contributed by atoms with van der Waals surface area (Å²) in [6.07, 6.45) is 1.98. The maximum absolute atomic E-state index is 12.2. The summed E-state index contributed by atoms with van der Waals surface area (Å²) in [6.45, 7) is 3.71. The molecule has 2 aromatic rings. The predicted molar refractivity (Wildman–Crippen MR) is 99.7 cm³/mol. The van der Waals surface area contributed by atoms with Crippen molar-refractivity contribution >= 4 is 23.2 Å². The summed E-state index contributed by atoms with van der Waals surface area (Å²) in [7, 11) is 1.98. The van der Waals surface area contributed by atoms with Crippen LogP contribution in [0.15, 0.2) is 35.8 Å². The highest BCUT2D eigenvalue weighted by Gasteiger charge is 2.25. The van der Waals surface area contributed by atoms with Gasteiger partial charge in [-0.1, -0.05) is 6.07 Å². The van der Waals surface area contributed by atoms with Crippen molar-refractivity contribution in [2.45, 2.75) is 12.6 Å². The molecule has 0 radical (unpaired) electrons. The minimum atomic E-state index is -0.606. The fourth-order valence-corrected chi connectivity index (χ4v) is 3.71. The number of ether oxygens (including phenoxy) is 1. The Balaban J connectivity index is 1.57. The van der Waals surface area contributed by atoms with E-state index in [2.05, 4.69) is 15.5 Å². The monoisotopic (exact) mass is 376 g/mol. The Morgan fingerprint density at radius 1 is 1.19 bits per heavy atom. The average molecular weight is 376 g/mol. The first kappa shape index (κ1) is 18.6. The third-order valence-corrected chi connectivity index (χ3v) is 5.35. The first-order valence-electron chi connectivity index (χ1n) is 8.66. The smallest absolute Gasteiger partial charge is 0.309 e. The summed E-state index contributed by atoms with van der Waals surface area (Å²) in [4.78, 5) is 27.5. The number of hydrogen-bond donors (Lipinski definition) is 2. The largest absolute Gasteiger partial charge is 0.379 e. The van der Waals surface area contributed by atoms with E-state index in [0.29, 0.717) is 26.3 Å². The second kappa shape index (κ2) is 8.98. The molecule has 2 N–H and O–H groups in total. The molecule has 1 saturated heterocycles. The Morgan fingerprint density at radius 2 is 1.96 bits per heavy atom. The van der Waals surface area contributed by atoms with E-state index in [0.717, 1.165) is 23.7 Å². The molecule has 3 rings (SSSR count). The van der Waals surface area contributed by atoms with Gasteiger partial charge in [0.25, 0.3) is 0 Å². The van der Waals surface area contributed by atoms with E-state index in [1.807, 2.05) is 47.5 Å². The predicted octanol–water partition coefficient (Wildman–Crippen LogP) is 0.892. The molecule has 2 amide bonds. The molecule has 0 unspecified atom stereocenters. The molecule has 0 saturated carbocycles. The lowest BCUT2D eigenvalue weighted by Crippen LogP contribution is -2.47. The van der Waals surface area contributed by atoms with Crippen molar-refractivity contribution in [3.63, 3.8) is 0 Å². The van der Waals surface area contributed by atoms with Crippen molar-refractivity contribution in [1.82, 2.24) is 20.1 Å². The number of aromatic nitrogens is 1. The highest BCUT2D eigenvalue weighted by Crippen LogP contribution is 2.21. The van der Waals surface area contributed by atoms with Crippen LogP contribution in [-0.2, 0) is 27.9 Å².